The third kappa shape index (κ3) is 3.31. The van der Waals surface area contributed by atoms with Crippen molar-refractivity contribution in [2.24, 2.45) is 11.7 Å². The van der Waals surface area contributed by atoms with Crippen LogP contribution in [0.4, 0.5) is 15.9 Å². The molecule has 4 atom stereocenters. The molecule has 0 radical (unpaired) electrons. The number of rotatable bonds is 5. The minimum atomic E-state index is -0.779. The van der Waals surface area contributed by atoms with Crippen LogP contribution < -0.4 is 20.7 Å². The number of H-pyrrole nitrogens is 1. The number of nitrogens with zero attached hydrogens (tertiary/aromatic N) is 5. The predicted molar refractivity (Wildman–Crippen MR) is 125 cm³/mol. The molecule has 5 N–H and O–H groups in total. The Morgan fingerprint density at radius 1 is 1.26 bits per heavy atom. The minimum Gasteiger partial charge on any atom is -0.421 e. The lowest BCUT2D eigenvalue weighted by molar-refractivity contribution is 0.188. The first kappa shape index (κ1) is 21.0. The fourth-order valence-electron chi connectivity index (χ4n) is 5.23. The smallest absolute Gasteiger partial charge is 0.326 e. The molecule has 176 valence electrons. The quantitative estimate of drug-likeness (QED) is 0.351. The van der Waals surface area contributed by atoms with Crippen molar-refractivity contribution in [2.75, 3.05) is 23.8 Å². The Morgan fingerprint density at radius 3 is 2.71 bits per heavy atom. The summed E-state index contributed by atoms with van der Waals surface area (Å²) in [7, 11) is 1.75. The lowest BCUT2D eigenvalue weighted by Crippen LogP contribution is -2.41. The Kier molecular flexibility index (Phi) is 4.78. The molecule has 1 unspecified atom stereocenters. The SMILES string of the molecule is CNc1cc(F)cc2c1[nH]c1nc(Oc3cnc(C(C)O)nc3)nc(N3C[C@H]4C[C@@H]3C[C@H]4N)c12. The lowest BCUT2D eigenvalue weighted by atomic mass is 10.0. The number of piperidine rings is 1. The third-order valence-corrected chi connectivity index (χ3v) is 6.85. The van der Waals surface area contributed by atoms with Crippen molar-refractivity contribution in [2.45, 2.75) is 38.0 Å². The van der Waals surface area contributed by atoms with Crippen LogP contribution in [-0.4, -0.2) is 55.7 Å². The van der Waals surface area contributed by atoms with E-state index in [1.165, 1.54) is 24.5 Å². The number of aromatic amines is 1. The van der Waals surface area contributed by atoms with Crippen LogP contribution in [-0.2, 0) is 0 Å². The molecule has 1 aromatic carbocycles. The van der Waals surface area contributed by atoms with Gasteiger partial charge in [0.25, 0.3) is 0 Å². The molecule has 2 bridgehead atoms. The summed E-state index contributed by atoms with van der Waals surface area (Å²) in [6.07, 6.45) is 4.06. The highest BCUT2D eigenvalue weighted by Crippen LogP contribution is 2.44. The second-order valence-electron chi connectivity index (χ2n) is 9.06. The molecule has 10 nitrogen and oxygen atoms in total. The summed E-state index contributed by atoms with van der Waals surface area (Å²) in [5.74, 6) is 1.39. The zero-order chi connectivity index (χ0) is 23.6. The number of ether oxygens (including phenoxy) is 1. The highest BCUT2D eigenvalue weighted by atomic mass is 19.1. The first-order chi connectivity index (χ1) is 16.4. The summed E-state index contributed by atoms with van der Waals surface area (Å²) in [6, 6.07) is 3.53. The van der Waals surface area contributed by atoms with Crippen molar-refractivity contribution in [1.82, 2.24) is 24.9 Å². The summed E-state index contributed by atoms with van der Waals surface area (Å²) in [4.78, 5) is 23.2. The molecule has 2 aliphatic rings. The average molecular weight is 465 g/mol. The van der Waals surface area contributed by atoms with Crippen LogP contribution in [0, 0.1) is 11.7 Å². The van der Waals surface area contributed by atoms with Gasteiger partial charge in [-0.2, -0.15) is 9.97 Å². The van der Waals surface area contributed by atoms with Crippen molar-refractivity contribution < 1.29 is 14.2 Å². The van der Waals surface area contributed by atoms with Gasteiger partial charge in [-0.1, -0.05) is 0 Å². The van der Waals surface area contributed by atoms with Crippen LogP contribution in [0.5, 0.6) is 11.8 Å². The number of benzene rings is 1. The number of nitrogens with one attached hydrogen (secondary N) is 2. The Balaban J connectivity index is 1.50. The number of hydrogen-bond acceptors (Lipinski definition) is 9. The van der Waals surface area contributed by atoms with Crippen LogP contribution in [0.3, 0.4) is 0 Å². The fraction of sp³-hybridized carbons (Fsp3) is 0.391. The highest BCUT2D eigenvalue weighted by molar-refractivity contribution is 6.14. The molecule has 1 saturated heterocycles. The molecule has 0 amide bonds. The normalized spacial score (nSPS) is 22.6. The number of aliphatic hydroxyl groups is 1. The van der Waals surface area contributed by atoms with E-state index in [-0.39, 0.29) is 23.9 Å². The van der Waals surface area contributed by atoms with E-state index >= 15 is 0 Å². The number of hydrogen-bond donors (Lipinski definition) is 4. The van der Waals surface area contributed by atoms with Crippen LogP contribution in [0.25, 0.3) is 21.9 Å². The number of aliphatic hydroxyl groups excluding tert-OH is 1. The van der Waals surface area contributed by atoms with Crippen molar-refractivity contribution >= 4 is 33.4 Å². The summed E-state index contributed by atoms with van der Waals surface area (Å²) in [6.45, 7) is 2.37. The molecule has 1 saturated carbocycles. The second-order valence-corrected chi connectivity index (χ2v) is 9.06. The Labute approximate surface area is 194 Å². The van der Waals surface area contributed by atoms with Gasteiger partial charge >= 0.3 is 6.01 Å². The molecule has 3 aromatic heterocycles. The van der Waals surface area contributed by atoms with Gasteiger partial charge < -0.3 is 30.8 Å². The summed E-state index contributed by atoms with van der Waals surface area (Å²) >= 11 is 0. The number of halogens is 1. The van der Waals surface area contributed by atoms with Gasteiger partial charge in [0.05, 0.1) is 29.0 Å². The number of nitrogens with two attached hydrogens (primary N) is 1. The maximum Gasteiger partial charge on any atom is 0.326 e. The van der Waals surface area contributed by atoms with E-state index in [9.17, 15) is 9.50 Å². The van der Waals surface area contributed by atoms with E-state index < -0.39 is 6.10 Å². The molecule has 11 heteroatoms. The minimum absolute atomic E-state index is 0.126. The van der Waals surface area contributed by atoms with E-state index in [1.807, 2.05) is 0 Å². The fourth-order valence-corrected chi connectivity index (χ4v) is 5.23. The van der Waals surface area contributed by atoms with Gasteiger partial charge in [-0.15, -0.1) is 0 Å². The second kappa shape index (κ2) is 7.74. The maximum absolute atomic E-state index is 14.5. The molecule has 4 aromatic rings. The predicted octanol–water partition coefficient (Wildman–Crippen LogP) is 2.85. The Morgan fingerprint density at radius 2 is 2.06 bits per heavy atom. The molecule has 34 heavy (non-hydrogen) atoms. The highest BCUT2D eigenvalue weighted by Gasteiger charge is 2.44. The maximum atomic E-state index is 14.5. The van der Waals surface area contributed by atoms with Crippen molar-refractivity contribution in [3.63, 3.8) is 0 Å². The molecular weight excluding hydrogens is 439 g/mol. The molecule has 1 aliphatic heterocycles. The van der Waals surface area contributed by atoms with Gasteiger partial charge in [-0.25, -0.2) is 14.4 Å². The topological polar surface area (TPSA) is 138 Å². The average Bonchev–Trinajstić information content (AvgIpc) is 3.50. The third-order valence-electron chi connectivity index (χ3n) is 6.85. The van der Waals surface area contributed by atoms with E-state index in [1.54, 1.807) is 14.0 Å². The molecular formula is C23H25FN8O2. The van der Waals surface area contributed by atoms with Gasteiger partial charge in [0.1, 0.15) is 23.4 Å². The first-order valence-electron chi connectivity index (χ1n) is 11.3. The van der Waals surface area contributed by atoms with Gasteiger partial charge in [-0.05, 0) is 37.8 Å². The number of fused-ring (bicyclic) bond motifs is 5. The van der Waals surface area contributed by atoms with E-state index in [0.29, 0.717) is 40.0 Å². The van der Waals surface area contributed by atoms with E-state index in [4.69, 9.17) is 15.5 Å². The van der Waals surface area contributed by atoms with Gasteiger partial charge in [-0.3, -0.25) is 0 Å². The van der Waals surface area contributed by atoms with Crippen molar-refractivity contribution in [3.8, 4) is 11.8 Å². The largest absolute Gasteiger partial charge is 0.421 e. The van der Waals surface area contributed by atoms with Crippen LogP contribution in [0.1, 0.15) is 31.7 Å². The Hall–Kier alpha value is -3.57. The van der Waals surface area contributed by atoms with Gasteiger partial charge in [0.15, 0.2) is 11.6 Å². The Bertz CT molecular complexity index is 1390. The van der Waals surface area contributed by atoms with Crippen molar-refractivity contribution in [1.29, 1.82) is 0 Å². The zero-order valence-corrected chi connectivity index (χ0v) is 18.8. The summed E-state index contributed by atoms with van der Waals surface area (Å²) < 4.78 is 20.4. The molecule has 6 rings (SSSR count). The van der Waals surface area contributed by atoms with Crippen LogP contribution in [0.2, 0.25) is 0 Å². The number of anilines is 2. The lowest BCUT2D eigenvalue weighted by Gasteiger charge is -2.31. The monoisotopic (exact) mass is 464 g/mol. The zero-order valence-electron chi connectivity index (χ0n) is 18.8. The number of aromatic nitrogens is 5. The molecule has 4 heterocycles. The summed E-state index contributed by atoms with van der Waals surface area (Å²) in [5.41, 5.74) is 8.21. The summed E-state index contributed by atoms with van der Waals surface area (Å²) in [5, 5.41) is 14.1. The van der Waals surface area contributed by atoms with E-state index in [2.05, 4.69) is 30.2 Å². The van der Waals surface area contributed by atoms with Crippen molar-refractivity contribution in [3.05, 3.63) is 36.2 Å². The van der Waals surface area contributed by atoms with E-state index in [0.717, 1.165) is 30.3 Å². The van der Waals surface area contributed by atoms with Gasteiger partial charge in [0.2, 0.25) is 0 Å². The molecule has 1 aliphatic carbocycles. The first-order valence-corrected chi connectivity index (χ1v) is 11.3. The van der Waals surface area contributed by atoms with Crippen LogP contribution in [0.15, 0.2) is 24.5 Å². The molecule has 0 spiro atoms. The standard InChI is InChI=1S/C23H25FN8O2/c1-10(33)20-27-7-14(8-28-20)34-23-30-21-18(15-4-12(24)5-17(26-2)19(15)29-21)22(31-23)32-9-11-3-13(32)6-16(11)25/h4-5,7-8,10-11,13,16,26,33H,3,6,9,25H2,1-2H3,(H,29,30,31)/t10?,11-,13-,16-/m1/s1. The van der Waals surface area contributed by atoms with Gasteiger partial charge in [0, 0.05) is 31.1 Å². The van der Waals surface area contributed by atoms with Crippen LogP contribution >= 0.6 is 0 Å². The molecule has 2 fully saturated rings.